The van der Waals surface area contributed by atoms with Crippen LogP contribution in [0.5, 0.6) is 0 Å². The van der Waals surface area contributed by atoms with Crippen LogP contribution in [0, 0.1) is 6.92 Å². The zero-order valence-corrected chi connectivity index (χ0v) is 12.1. The smallest absolute Gasteiger partial charge is 0.157 e. The van der Waals surface area contributed by atoms with Crippen molar-refractivity contribution in [1.82, 2.24) is 20.1 Å². The standard InChI is InChI=1S/C14H22N4O/c1-5-12(9-19-4)15-7-11-6-13-10(2)17-18(3)14(13)16-8-11/h6,8,12,15H,5,7,9H2,1-4H3. The van der Waals surface area contributed by atoms with Gasteiger partial charge in [-0.15, -0.1) is 0 Å². The van der Waals surface area contributed by atoms with Gasteiger partial charge in [0, 0.05) is 38.3 Å². The van der Waals surface area contributed by atoms with E-state index in [9.17, 15) is 0 Å². The van der Waals surface area contributed by atoms with Crippen LogP contribution in [0.3, 0.4) is 0 Å². The van der Waals surface area contributed by atoms with E-state index in [0.717, 1.165) is 36.3 Å². The van der Waals surface area contributed by atoms with Crippen molar-refractivity contribution in [3.05, 3.63) is 23.5 Å². The van der Waals surface area contributed by atoms with E-state index >= 15 is 0 Å². The van der Waals surface area contributed by atoms with Gasteiger partial charge in [0.2, 0.25) is 0 Å². The molecule has 0 saturated heterocycles. The zero-order chi connectivity index (χ0) is 13.8. The van der Waals surface area contributed by atoms with Crippen LogP contribution in [-0.2, 0) is 18.3 Å². The van der Waals surface area contributed by atoms with Crippen molar-refractivity contribution in [2.75, 3.05) is 13.7 Å². The first-order chi connectivity index (χ1) is 9.15. The SMILES string of the molecule is CCC(COC)NCc1cnc2c(c1)c(C)nn2C. The second kappa shape index (κ2) is 6.12. The normalized spacial score (nSPS) is 13.1. The van der Waals surface area contributed by atoms with Gasteiger partial charge in [-0.3, -0.25) is 4.68 Å². The summed E-state index contributed by atoms with van der Waals surface area (Å²) in [6.45, 7) is 5.71. The highest BCUT2D eigenvalue weighted by Crippen LogP contribution is 2.16. The Kier molecular flexibility index (Phi) is 4.50. The van der Waals surface area contributed by atoms with E-state index < -0.39 is 0 Å². The molecule has 0 aliphatic carbocycles. The van der Waals surface area contributed by atoms with Crippen LogP contribution in [0.15, 0.2) is 12.3 Å². The summed E-state index contributed by atoms with van der Waals surface area (Å²) in [5.74, 6) is 0. The van der Waals surface area contributed by atoms with Gasteiger partial charge in [0.25, 0.3) is 0 Å². The van der Waals surface area contributed by atoms with Crippen molar-refractivity contribution in [3.8, 4) is 0 Å². The summed E-state index contributed by atoms with van der Waals surface area (Å²) >= 11 is 0. The monoisotopic (exact) mass is 262 g/mol. The molecule has 0 bridgehead atoms. The predicted molar refractivity (Wildman–Crippen MR) is 76.0 cm³/mol. The average Bonchev–Trinajstić information content (AvgIpc) is 2.70. The average molecular weight is 262 g/mol. The second-order valence-electron chi connectivity index (χ2n) is 4.87. The van der Waals surface area contributed by atoms with Crippen molar-refractivity contribution < 1.29 is 4.74 Å². The Hall–Kier alpha value is -1.46. The maximum Gasteiger partial charge on any atom is 0.157 e. The molecule has 0 aliphatic rings. The highest BCUT2D eigenvalue weighted by Gasteiger charge is 2.08. The molecule has 0 saturated carbocycles. The maximum absolute atomic E-state index is 5.18. The van der Waals surface area contributed by atoms with Crippen molar-refractivity contribution >= 4 is 11.0 Å². The Labute approximate surface area is 114 Å². The lowest BCUT2D eigenvalue weighted by molar-refractivity contribution is 0.164. The molecular weight excluding hydrogens is 240 g/mol. The number of fused-ring (bicyclic) bond motifs is 1. The Morgan fingerprint density at radius 2 is 2.26 bits per heavy atom. The van der Waals surface area contributed by atoms with Crippen LogP contribution in [0.4, 0.5) is 0 Å². The van der Waals surface area contributed by atoms with Crippen molar-refractivity contribution in [1.29, 1.82) is 0 Å². The summed E-state index contributed by atoms with van der Waals surface area (Å²) in [6.07, 6.45) is 2.96. The lowest BCUT2D eigenvalue weighted by Crippen LogP contribution is -2.32. The van der Waals surface area contributed by atoms with E-state index in [1.165, 1.54) is 5.56 Å². The fourth-order valence-electron chi connectivity index (χ4n) is 2.23. The fourth-order valence-corrected chi connectivity index (χ4v) is 2.23. The van der Waals surface area contributed by atoms with Gasteiger partial charge in [-0.1, -0.05) is 6.92 Å². The number of ether oxygens (including phenoxy) is 1. The Morgan fingerprint density at radius 3 is 2.95 bits per heavy atom. The molecule has 0 radical (unpaired) electrons. The first kappa shape index (κ1) is 14.0. The van der Waals surface area contributed by atoms with Crippen LogP contribution in [0.2, 0.25) is 0 Å². The quantitative estimate of drug-likeness (QED) is 0.862. The maximum atomic E-state index is 5.18. The van der Waals surface area contributed by atoms with Gasteiger partial charge in [-0.25, -0.2) is 4.98 Å². The van der Waals surface area contributed by atoms with Gasteiger partial charge in [-0.05, 0) is 25.0 Å². The summed E-state index contributed by atoms with van der Waals surface area (Å²) in [5.41, 5.74) is 3.14. The lowest BCUT2D eigenvalue weighted by Gasteiger charge is -2.15. The summed E-state index contributed by atoms with van der Waals surface area (Å²) in [6, 6.07) is 2.55. The minimum Gasteiger partial charge on any atom is -0.383 e. The summed E-state index contributed by atoms with van der Waals surface area (Å²) in [7, 11) is 3.66. The van der Waals surface area contributed by atoms with Crippen LogP contribution in [-0.4, -0.2) is 34.5 Å². The van der Waals surface area contributed by atoms with E-state index in [4.69, 9.17) is 4.74 Å². The summed E-state index contributed by atoms with van der Waals surface area (Å²) < 4.78 is 7.01. The second-order valence-corrected chi connectivity index (χ2v) is 4.87. The van der Waals surface area contributed by atoms with Crippen LogP contribution >= 0.6 is 0 Å². The molecule has 2 heterocycles. The fraction of sp³-hybridized carbons (Fsp3) is 0.571. The topological polar surface area (TPSA) is 52.0 Å². The van der Waals surface area contributed by atoms with Gasteiger partial charge in [0.15, 0.2) is 5.65 Å². The number of nitrogens with one attached hydrogen (secondary N) is 1. The molecular formula is C14H22N4O. The van der Waals surface area contributed by atoms with Crippen molar-refractivity contribution in [2.24, 2.45) is 7.05 Å². The molecule has 0 fully saturated rings. The number of nitrogens with zero attached hydrogens (tertiary/aromatic N) is 3. The lowest BCUT2D eigenvalue weighted by atomic mass is 10.2. The van der Waals surface area contributed by atoms with Gasteiger partial charge in [-0.2, -0.15) is 5.10 Å². The number of pyridine rings is 1. The van der Waals surface area contributed by atoms with E-state index in [-0.39, 0.29) is 0 Å². The summed E-state index contributed by atoms with van der Waals surface area (Å²) in [4.78, 5) is 4.48. The first-order valence-electron chi connectivity index (χ1n) is 6.66. The third-order valence-corrected chi connectivity index (χ3v) is 3.38. The predicted octanol–water partition coefficient (Wildman–Crippen LogP) is 1.79. The molecule has 0 aromatic carbocycles. The van der Waals surface area contributed by atoms with E-state index in [1.807, 2.05) is 24.9 Å². The third-order valence-electron chi connectivity index (χ3n) is 3.38. The first-order valence-corrected chi connectivity index (χ1v) is 6.66. The molecule has 0 amide bonds. The number of hydrogen-bond acceptors (Lipinski definition) is 4. The zero-order valence-electron chi connectivity index (χ0n) is 12.1. The molecule has 1 atom stereocenters. The molecule has 1 unspecified atom stereocenters. The number of aryl methyl sites for hydroxylation is 2. The molecule has 0 aliphatic heterocycles. The van der Waals surface area contributed by atoms with Crippen molar-refractivity contribution in [2.45, 2.75) is 32.9 Å². The van der Waals surface area contributed by atoms with Gasteiger partial charge >= 0.3 is 0 Å². The Balaban J connectivity index is 2.11. The minimum atomic E-state index is 0.385. The van der Waals surface area contributed by atoms with E-state index in [0.29, 0.717) is 6.04 Å². The number of methoxy groups -OCH3 is 1. The number of hydrogen-bond donors (Lipinski definition) is 1. The summed E-state index contributed by atoms with van der Waals surface area (Å²) in [5, 5.41) is 9.00. The molecule has 19 heavy (non-hydrogen) atoms. The molecule has 5 nitrogen and oxygen atoms in total. The molecule has 1 N–H and O–H groups in total. The van der Waals surface area contributed by atoms with Crippen LogP contribution in [0.25, 0.3) is 11.0 Å². The van der Waals surface area contributed by atoms with E-state index in [1.54, 1.807) is 7.11 Å². The highest BCUT2D eigenvalue weighted by atomic mass is 16.5. The number of rotatable bonds is 6. The molecule has 5 heteroatoms. The van der Waals surface area contributed by atoms with Gasteiger partial charge < -0.3 is 10.1 Å². The minimum absolute atomic E-state index is 0.385. The molecule has 2 aromatic rings. The third kappa shape index (κ3) is 3.11. The van der Waals surface area contributed by atoms with Crippen LogP contribution < -0.4 is 5.32 Å². The van der Waals surface area contributed by atoms with Gasteiger partial charge in [0.1, 0.15) is 0 Å². The Bertz CT molecular complexity index is 550. The molecule has 0 spiro atoms. The largest absolute Gasteiger partial charge is 0.383 e. The molecule has 2 aromatic heterocycles. The number of aromatic nitrogens is 3. The van der Waals surface area contributed by atoms with E-state index in [2.05, 4.69) is 28.4 Å². The Morgan fingerprint density at radius 1 is 1.47 bits per heavy atom. The van der Waals surface area contributed by atoms with Gasteiger partial charge in [0.05, 0.1) is 12.3 Å². The van der Waals surface area contributed by atoms with Crippen LogP contribution in [0.1, 0.15) is 24.6 Å². The van der Waals surface area contributed by atoms with Crippen molar-refractivity contribution in [3.63, 3.8) is 0 Å². The highest BCUT2D eigenvalue weighted by molar-refractivity contribution is 5.78. The molecule has 104 valence electrons. The molecule has 2 rings (SSSR count).